The molecule has 0 radical (unpaired) electrons. The van der Waals surface area contributed by atoms with Gasteiger partial charge in [-0.1, -0.05) is 48.5 Å². The second kappa shape index (κ2) is 7.72. The first-order valence-electron chi connectivity index (χ1n) is 8.74. The van der Waals surface area contributed by atoms with E-state index in [1.165, 1.54) is 11.2 Å². The van der Waals surface area contributed by atoms with Crippen molar-refractivity contribution in [2.45, 2.75) is 6.54 Å². The lowest BCUT2D eigenvalue weighted by Gasteiger charge is -2.21. The Morgan fingerprint density at radius 2 is 1.96 bits per heavy atom. The summed E-state index contributed by atoms with van der Waals surface area (Å²) in [4.78, 5) is 17.7. The molecule has 1 aromatic heterocycles. The Morgan fingerprint density at radius 1 is 1.18 bits per heavy atom. The molecule has 0 saturated carbocycles. The molecule has 0 bridgehead atoms. The van der Waals surface area contributed by atoms with Crippen molar-refractivity contribution in [3.63, 3.8) is 0 Å². The van der Waals surface area contributed by atoms with Crippen molar-refractivity contribution in [3.05, 3.63) is 89.6 Å². The Labute approximate surface area is 161 Å². The summed E-state index contributed by atoms with van der Waals surface area (Å²) in [7, 11) is 0. The van der Waals surface area contributed by atoms with Gasteiger partial charge < -0.3 is 14.5 Å². The topological polar surface area (TPSA) is 78.4 Å². The van der Waals surface area contributed by atoms with Gasteiger partial charge in [0, 0.05) is 22.7 Å². The number of aromatic nitrogens is 1. The lowest BCUT2D eigenvalue weighted by molar-refractivity contribution is -0.128. The summed E-state index contributed by atoms with van der Waals surface area (Å²) in [5.41, 5.74) is 2.64. The minimum Gasteiger partial charge on any atom is -0.459 e. The molecule has 1 aliphatic rings. The molecule has 1 amide bonds. The van der Waals surface area contributed by atoms with E-state index in [-0.39, 0.29) is 24.8 Å². The third-order valence-corrected chi connectivity index (χ3v) is 4.43. The molecule has 6 heteroatoms. The van der Waals surface area contributed by atoms with Gasteiger partial charge in [0.2, 0.25) is 12.7 Å². The molecule has 1 aliphatic heterocycles. The lowest BCUT2D eigenvalue weighted by Crippen LogP contribution is -2.31. The van der Waals surface area contributed by atoms with Gasteiger partial charge >= 0.3 is 0 Å². The molecule has 1 N–H and O–H groups in total. The third-order valence-electron chi connectivity index (χ3n) is 4.43. The van der Waals surface area contributed by atoms with E-state index >= 15 is 0 Å². The first kappa shape index (κ1) is 17.4. The minimum atomic E-state index is -0.451. The molecule has 0 fully saturated rings. The number of carbonyl (C=O) groups excluding carboxylic acids is 1. The van der Waals surface area contributed by atoms with Crippen molar-refractivity contribution in [1.82, 2.24) is 9.88 Å². The highest BCUT2D eigenvalue weighted by Gasteiger charge is 2.26. The molecule has 2 heterocycles. The highest BCUT2D eigenvalue weighted by molar-refractivity contribution is 6.04. The summed E-state index contributed by atoms with van der Waals surface area (Å²) < 4.78 is 10.5. The van der Waals surface area contributed by atoms with Crippen molar-refractivity contribution in [3.8, 4) is 6.07 Å². The summed E-state index contributed by atoms with van der Waals surface area (Å²) in [5, 5.41) is 10.6. The molecule has 6 nitrogen and oxygen atoms in total. The SMILES string of the molecule is N#CC(=Cc1c[nH]c2ccccc12)C(=O)N(Cc1ccccc1)C1=COCO1. The second-order valence-corrected chi connectivity index (χ2v) is 6.22. The van der Waals surface area contributed by atoms with Gasteiger partial charge in [0.1, 0.15) is 17.9 Å². The van der Waals surface area contributed by atoms with Crippen LogP contribution in [-0.4, -0.2) is 22.6 Å². The Hall–Kier alpha value is -3.98. The molecule has 2 aromatic carbocycles. The number of nitrogens with one attached hydrogen (secondary N) is 1. The van der Waals surface area contributed by atoms with Gasteiger partial charge in [0.05, 0.1) is 6.54 Å². The van der Waals surface area contributed by atoms with Gasteiger partial charge in [-0.25, -0.2) is 0 Å². The van der Waals surface area contributed by atoms with Crippen molar-refractivity contribution in [1.29, 1.82) is 5.26 Å². The Bertz CT molecular complexity index is 1110. The van der Waals surface area contributed by atoms with Gasteiger partial charge in [0.15, 0.2) is 0 Å². The number of ether oxygens (including phenoxy) is 2. The smallest absolute Gasteiger partial charge is 0.271 e. The molecular formula is C22H17N3O3. The van der Waals surface area contributed by atoms with Crippen LogP contribution in [0.15, 0.2) is 78.5 Å². The zero-order valence-corrected chi connectivity index (χ0v) is 15.0. The number of nitriles is 1. The Kier molecular flexibility index (Phi) is 4.81. The number of rotatable bonds is 5. The van der Waals surface area contributed by atoms with Crippen LogP contribution in [0.3, 0.4) is 0 Å². The van der Waals surface area contributed by atoms with Crippen LogP contribution in [0.4, 0.5) is 0 Å². The average Bonchev–Trinajstić information content (AvgIpc) is 3.41. The van der Waals surface area contributed by atoms with Gasteiger partial charge in [-0.05, 0) is 17.7 Å². The number of hydrogen-bond acceptors (Lipinski definition) is 4. The molecule has 0 unspecified atom stereocenters. The summed E-state index contributed by atoms with van der Waals surface area (Å²) in [6, 6.07) is 19.3. The number of fused-ring (bicyclic) bond motifs is 1. The van der Waals surface area contributed by atoms with Gasteiger partial charge in [-0.3, -0.25) is 9.69 Å². The van der Waals surface area contributed by atoms with Crippen LogP contribution in [-0.2, 0) is 20.8 Å². The number of aromatic amines is 1. The summed E-state index contributed by atoms with van der Waals surface area (Å²) in [6.07, 6.45) is 4.77. The van der Waals surface area contributed by atoms with Crippen molar-refractivity contribution >= 4 is 22.9 Å². The maximum Gasteiger partial charge on any atom is 0.271 e. The van der Waals surface area contributed by atoms with E-state index < -0.39 is 5.91 Å². The fraction of sp³-hybridized carbons (Fsp3) is 0.0909. The monoisotopic (exact) mass is 371 g/mol. The molecular weight excluding hydrogens is 354 g/mol. The zero-order chi connectivity index (χ0) is 19.3. The molecule has 138 valence electrons. The molecule has 0 aliphatic carbocycles. The fourth-order valence-corrected chi connectivity index (χ4v) is 3.05. The van der Waals surface area contributed by atoms with Crippen LogP contribution in [0.2, 0.25) is 0 Å². The Balaban J connectivity index is 1.69. The number of carbonyl (C=O) groups is 1. The normalized spacial score (nSPS) is 13.4. The number of amides is 1. The molecule has 4 rings (SSSR count). The molecule has 3 aromatic rings. The lowest BCUT2D eigenvalue weighted by atomic mass is 10.1. The minimum absolute atomic E-state index is 0.0112. The van der Waals surface area contributed by atoms with Crippen LogP contribution in [0, 0.1) is 11.3 Å². The van der Waals surface area contributed by atoms with Crippen molar-refractivity contribution in [2.24, 2.45) is 0 Å². The molecule has 28 heavy (non-hydrogen) atoms. The number of benzene rings is 2. The van der Waals surface area contributed by atoms with E-state index in [9.17, 15) is 10.1 Å². The van der Waals surface area contributed by atoms with E-state index in [2.05, 4.69) is 4.98 Å². The first-order chi connectivity index (χ1) is 13.8. The largest absolute Gasteiger partial charge is 0.459 e. The van der Waals surface area contributed by atoms with E-state index in [4.69, 9.17) is 9.47 Å². The standard InChI is InChI=1S/C22H17N3O3/c23-11-17(10-18-12-24-20-9-5-4-8-19(18)20)22(26)25(21-14-27-15-28-21)13-16-6-2-1-3-7-16/h1-10,12,14,24H,13,15H2. The van der Waals surface area contributed by atoms with Gasteiger partial charge in [-0.15, -0.1) is 0 Å². The number of hydrogen-bond donors (Lipinski definition) is 1. The highest BCUT2D eigenvalue weighted by Crippen LogP contribution is 2.23. The van der Waals surface area contributed by atoms with Crippen molar-refractivity contribution < 1.29 is 14.3 Å². The van der Waals surface area contributed by atoms with Crippen LogP contribution >= 0.6 is 0 Å². The van der Waals surface area contributed by atoms with E-state index in [0.717, 1.165) is 22.0 Å². The predicted octanol–water partition coefficient (Wildman–Crippen LogP) is 3.91. The van der Waals surface area contributed by atoms with E-state index in [1.54, 1.807) is 12.3 Å². The Morgan fingerprint density at radius 3 is 2.71 bits per heavy atom. The zero-order valence-electron chi connectivity index (χ0n) is 15.0. The van der Waals surface area contributed by atoms with Crippen LogP contribution in [0.5, 0.6) is 0 Å². The fourth-order valence-electron chi connectivity index (χ4n) is 3.05. The first-order valence-corrected chi connectivity index (χ1v) is 8.74. The maximum absolute atomic E-state index is 13.2. The van der Waals surface area contributed by atoms with Crippen LogP contribution in [0.1, 0.15) is 11.1 Å². The van der Waals surface area contributed by atoms with Gasteiger partial charge in [-0.2, -0.15) is 5.26 Å². The summed E-state index contributed by atoms with van der Waals surface area (Å²) >= 11 is 0. The van der Waals surface area contributed by atoms with Crippen LogP contribution in [0.25, 0.3) is 17.0 Å². The van der Waals surface area contributed by atoms with E-state index in [0.29, 0.717) is 0 Å². The van der Waals surface area contributed by atoms with Gasteiger partial charge in [0.25, 0.3) is 5.91 Å². The van der Waals surface area contributed by atoms with E-state index in [1.807, 2.05) is 60.7 Å². The second-order valence-electron chi connectivity index (χ2n) is 6.22. The number of para-hydroxylation sites is 1. The van der Waals surface area contributed by atoms with Crippen molar-refractivity contribution in [2.75, 3.05) is 6.79 Å². The predicted molar refractivity (Wildman–Crippen MR) is 104 cm³/mol. The summed E-state index contributed by atoms with van der Waals surface area (Å²) in [5.74, 6) is -0.165. The highest BCUT2D eigenvalue weighted by atomic mass is 16.7. The van der Waals surface area contributed by atoms with Crippen LogP contribution < -0.4 is 0 Å². The number of H-pyrrole nitrogens is 1. The molecule has 0 atom stereocenters. The average molecular weight is 371 g/mol. The molecule has 0 saturated heterocycles. The number of nitrogens with zero attached hydrogens (tertiary/aromatic N) is 2. The maximum atomic E-state index is 13.2. The quantitative estimate of drug-likeness (QED) is 0.545. The third kappa shape index (κ3) is 3.46. The molecule has 0 spiro atoms. The summed E-state index contributed by atoms with van der Waals surface area (Å²) in [6.45, 7) is 0.309.